The second-order valence-corrected chi connectivity index (χ2v) is 15.5. The molecular weight excluding hydrogens is 651 g/mol. The zero-order valence-electron chi connectivity index (χ0n) is 24.7. The van der Waals surface area contributed by atoms with Crippen molar-refractivity contribution in [2.24, 2.45) is 5.14 Å². The maximum absolute atomic E-state index is 13.9. The van der Waals surface area contributed by atoms with Crippen molar-refractivity contribution in [3.8, 4) is 11.1 Å². The minimum atomic E-state index is -4.04. The van der Waals surface area contributed by atoms with Crippen LogP contribution in [0.25, 0.3) is 21.3 Å². The Balaban J connectivity index is 1.33. The van der Waals surface area contributed by atoms with Gasteiger partial charge in [0.25, 0.3) is 16.1 Å². The second-order valence-electron chi connectivity index (χ2n) is 11.0. The molecule has 0 spiro atoms. The Morgan fingerprint density at radius 3 is 2.43 bits per heavy atom. The highest BCUT2D eigenvalue weighted by Gasteiger charge is 2.37. The lowest BCUT2D eigenvalue weighted by Gasteiger charge is -2.32. The van der Waals surface area contributed by atoms with E-state index in [1.54, 1.807) is 36.4 Å². The van der Waals surface area contributed by atoms with Gasteiger partial charge in [0.1, 0.15) is 5.01 Å². The van der Waals surface area contributed by atoms with Gasteiger partial charge in [-0.05, 0) is 48.0 Å². The fourth-order valence-corrected chi connectivity index (χ4v) is 8.64. The summed E-state index contributed by atoms with van der Waals surface area (Å²) in [5.41, 5.74) is 3.42. The zero-order valence-corrected chi connectivity index (χ0v) is 27.2. The number of nitrogens with two attached hydrogens (primary N) is 1. The summed E-state index contributed by atoms with van der Waals surface area (Å²) in [6.07, 6.45) is 0. The number of nitrogens with zero attached hydrogens (tertiary/aromatic N) is 5. The van der Waals surface area contributed by atoms with Crippen molar-refractivity contribution in [1.29, 1.82) is 0 Å². The quantitative estimate of drug-likeness (QED) is 0.222. The number of nitrogens with one attached hydrogen (secondary N) is 1. The molecule has 46 heavy (non-hydrogen) atoms. The molecule has 0 saturated carbocycles. The Morgan fingerprint density at radius 1 is 0.957 bits per heavy atom. The van der Waals surface area contributed by atoms with E-state index in [0.29, 0.717) is 29.7 Å². The fraction of sp³-hybridized carbons (Fsp3) is 0.267. The summed E-state index contributed by atoms with van der Waals surface area (Å²) >= 11 is 1.18. The van der Waals surface area contributed by atoms with Crippen LogP contribution in [0.4, 0.5) is 0 Å². The molecule has 2 aromatic heterocycles. The zero-order chi connectivity index (χ0) is 32.5. The Labute approximate surface area is 270 Å². The van der Waals surface area contributed by atoms with E-state index in [9.17, 15) is 21.6 Å². The van der Waals surface area contributed by atoms with Crippen LogP contribution in [-0.2, 0) is 32.3 Å². The van der Waals surface area contributed by atoms with Crippen molar-refractivity contribution in [2.45, 2.75) is 17.5 Å². The molecule has 0 aliphatic carbocycles. The van der Waals surface area contributed by atoms with Crippen molar-refractivity contribution in [2.75, 3.05) is 33.2 Å². The van der Waals surface area contributed by atoms with Gasteiger partial charge in [-0.25, -0.2) is 18.5 Å². The van der Waals surface area contributed by atoms with Gasteiger partial charge in [0, 0.05) is 31.7 Å². The molecule has 1 fully saturated rings. The lowest BCUT2D eigenvalue weighted by atomic mass is 10.0. The van der Waals surface area contributed by atoms with E-state index in [-0.39, 0.29) is 28.4 Å². The van der Waals surface area contributed by atoms with Gasteiger partial charge in [-0.2, -0.15) is 13.1 Å². The molecule has 1 aliphatic heterocycles. The van der Waals surface area contributed by atoms with Crippen LogP contribution in [0.15, 0.2) is 77.2 Å². The first-order valence-electron chi connectivity index (χ1n) is 14.3. The number of amides is 1. The van der Waals surface area contributed by atoms with Gasteiger partial charge < -0.3 is 14.2 Å². The van der Waals surface area contributed by atoms with Gasteiger partial charge in [-0.3, -0.25) is 4.79 Å². The van der Waals surface area contributed by atoms with Gasteiger partial charge in [0.2, 0.25) is 11.8 Å². The van der Waals surface area contributed by atoms with E-state index in [1.165, 1.54) is 11.3 Å². The first-order valence-corrected chi connectivity index (χ1v) is 18.4. The molecule has 1 aliphatic rings. The molecule has 16 heteroatoms. The SMILES string of the molecule is CN1CCN(C(=O)c2cccc(-c3ccc4nc(C(c5nnc(CNS(N)(=O)=O)o5)S(=O)(=O)Cc5ccccc5)sc4c3)c2)CC1. The van der Waals surface area contributed by atoms with E-state index in [1.807, 2.05) is 53.1 Å². The Morgan fingerprint density at radius 2 is 1.70 bits per heavy atom. The van der Waals surface area contributed by atoms with Crippen LogP contribution in [0, 0.1) is 0 Å². The third-order valence-corrected chi connectivity index (χ3v) is 11.2. The number of rotatable bonds is 10. The van der Waals surface area contributed by atoms with Crippen LogP contribution < -0.4 is 9.86 Å². The number of fused-ring (bicyclic) bond motifs is 1. The second kappa shape index (κ2) is 13.0. The molecule has 1 unspecified atom stereocenters. The normalized spacial score (nSPS) is 15.3. The predicted octanol–water partition coefficient (Wildman–Crippen LogP) is 2.73. The average molecular weight is 682 g/mol. The van der Waals surface area contributed by atoms with Crippen LogP contribution in [0.5, 0.6) is 0 Å². The Kier molecular flexibility index (Phi) is 9.00. The number of hydrogen-bond donors (Lipinski definition) is 2. The van der Waals surface area contributed by atoms with Crippen LogP contribution in [0.3, 0.4) is 0 Å². The number of piperazine rings is 1. The summed E-state index contributed by atoms with van der Waals surface area (Å²) in [5, 5.41) is 11.6. The lowest BCUT2D eigenvalue weighted by molar-refractivity contribution is 0.0664. The molecule has 6 rings (SSSR count). The largest absolute Gasteiger partial charge is 0.422 e. The summed E-state index contributed by atoms with van der Waals surface area (Å²) < 4.78 is 58.9. The number of likely N-dealkylation sites (N-methyl/N-ethyl adjacent to an activating group) is 1. The molecule has 1 saturated heterocycles. The summed E-state index contributed by atoms with van der Waals surface area (Å²) in [6.45, 7) is 2.60. The number of carbonyl (C=O) groups excluding carboxylic acids is 1. The van der Waals surface area contributed by atoms with Crippen LogP contribution >= 0.6 is 11.3 Å². The van der Waals surface area contributed by atoms with Crippen molar-refractivity contribution in [3.05, 3.63) is 101 Å². The lowest BCUT2D eigenvalue weighted by Crippen LogP contribution is -2.47. The summed E-state index contributed by atoms with van der Waals surface area (Å²) in [5.74, 6) is -0.725. The number of hydrogen-bond acceptors (Lipinski definition) is 11. The van der Waals surface area contributed by atoms with E-state index < -0.39 is 31.8 Å². The molecule has 1 amide bonds. The standard InChI is InChI=1S/C30H31N7O6S3/c1-36-12-14-37(15-13-36)30(38)23-9-5-8-21(16-23)22-10-11-24-25(17-22)44-29(33-24)27(45(39,40)19-20-6-3-2-4-7-20)28-35-34-26(43-28)18-32-46(31,41)42/h2-11,16-17,27,32H,12-15,18-19H2,1H3,(H2,31,41,42). The summed E-state index contributed by atoms with van der Waals surface area (Å²) in [6, 6.07) is 21.7. The third-order valence-electron chi connectivity index (χ3n) is 7.56. The van der Waals surface area contributed by atoms with Crippen LogP contribution in [0.1, 0.15) is 38.0 Å². The topological polar surface area (TPSA) is 182 Å². The molecular formula is C30H31N7O6S3. The maximum Gasteiger partial charge on any atom is 0.274 e. The highest BCUT2D eigenvalue weighted by molar-refractivity contribution is 7.91. The fourth-order valence-electron chi connectivity index (χ4n) is 5.17. The van der Waals surface area contributed by atoms with Crippen molar-refractivity contribution < 1.29 is 26.0 Å². The minimum Gasteiger partial charge on any atom is -0.422 e. The van der Waals surface area contributed by atoms with E-state index in [2.05, 4.69) is 20.1 Å². The highest BCUT2D eigenvalue weighted by Crippen LogP contribution is 2.38. The number of carbonyl (C=O) groups is 1. The van der Waals surface area contributed by atoms with Crippen LogP contribution in [0.2, 0.25) is 0 Å². The number of aromatic nitrogens is 3. The smallest absolute Gasteiger partial charge is 0.274 e. The van der Waals surface area contributed by atoms with E-state index >= 15 is 0 Å². The number of benzene rings is 3. The molecule has 0 bridgehead atoms. The molecule has 240 valence electrons. The molecule has 3 heterocycles. The molecule has 1 atom stereocenters. The molecule has 13 nitrogen and oxygen atoms in total. The minimum absolute atomic E-state index is 0.0132. The Bertz CT molecular complexity index is 2090. The average Bonchev–Trinajstić information content (AvgIpc) is 3.66. The van der Waals surface area contributed by atoms with Gasteiger partial charge in [0.05, 0.1) is 22.5 Å². The van der Waals surface area contributed by atoms with E-state index in [0.717, 1.165) is 28.9 Å². The molecule has 3 N–H and O–H groups in total. The van der Waals surface area contributed by atoms with Crippen molar-refractivity contribution >= 4 is 47.5 Å². The molecule has 0 radical (unpaired) electrons. The maximum atomic E-state index is 13.9. The monoisotopic (exact) mass is 681 g/mol. The number of thiazole rings is 1. The van der Waals surface area contributed by atoms with Gasteiger partial charge in [-0.1, -0.05) is 48.5 Å². The predicted molar refractivity (Wildman–Crippen MR) is 174 cm³/mol. The van der Waals surface area contributed by atoms with Gasteiger partial charge in [0.15, 0.2) is 15.1 Å². The first-order chi connectivity index (χ1) is 21.9. The van der Waals surface area contributed by atoms with Gasteiger partial charge in [-0.15, -0.1) is 21.5 Å². The molecule has 5 aromatic rings. The Hall–Kier alpha value is -4.06. The number of sulfone groups is 1. The summed E-state index contributed by atoms with van der Waals surface area (Å²) in [7, 11) is -6.01. The third kappa shape index (κ3) is 7.32. The van der Waals surface area contributed by atoms with Crippen molar-refractivity contribution in [3.63, 3.8) is 0 Å². The molecule has 3 aromatic carbocycles. The van der Waals surface area contributed by atoms with Crippen LogP contribution in [-0.4, -0.2) is 81.0 Å². The van der Waals surface area contributed by atoms with E-state index in [4.69, 9.17) is 9.56 Å². The highest BCUT2D eigenvalue weighted by atomic mass is 32.2. The summed E-state index contributed by atoms with van der Waals surface area (Å²) in [4.78, 5) is 21.9. The van der Waals surface area contributed by atoms with Gasteiger partial charge >= 0.3 is 0 Å². The first kappa shape index (κ1) is 31.9. The van der Waals surface area contributed by atoms with Crippen molar-refractivity contribution in [1.82, 2.24) is 29.7 Å².